The first-order chi connectivity index (χ1) is 12.7. The Kier molecular flexibility index (Phi) is 5.23. The Hall–Kier alpha value is -2.42. The molecule has 3 rings (SSSR count). The monoisotopic (exact) mass is 383 g/mol. The van der Waals surface area contributed by atoms with Gasteiger partial charge in [0.25, 0.3) is 5.56 Å². The molecule has 1 amide bonds. The van der Waals surface area contributed by atoms with Gasteiger partial charge in [-0.2, -0.15) is 13.2 Å². The summed E-state index contributed by atoms with van der Waals surface area (Å²) in [6, 6.07) is 3.06. The molecule has 0 spiro atoms. The number of halogens is 3. The number of ether oxygens (including phenoxy) is 1. The number of carbonyl (C=O) groups excluding carboxylic acids is 1. The van der Waals surface area contributed by atoms with Gasteiger partial charge in [0, 0.05) is 13.2 Å². The highest BCUT2D eigenvalue weighted by atomic mass is 19.4. The zero-order chi connectivity index (χ0) is 19.8. The zero-order valence-electron chi connectivity index (χ0n) is 15.0. The fourth-order valence-electron chi connectivity index (χ4n) is 3.07. The van der Waals surface area contributed by atoms with Gasteiger partial charge in [-0.05, 0) is 49.9 Å². The summed E-state index contributed by atoms with van der Waals surface area (Å²) in [5, 5.41) is 2.62. The van der Waals surface area contributed by atoms with E-state index < -0.39 is 29.9 Å². The number of hydrogen-bond donors (Lipinski definition) is 1. The third-order valence-electron chi connectivity index (χ3n) is 4.68. The lowest BCUT2D eigenvalue weighted by atomic mass is 10.1. The maximum atomic E-state index is 13.2. The predicted octanol–water partition coefficient (Wildman–Crippen LogP) is 2.33. The van der Waals surface area contributed by atoms with Crippen LogP contribution in [0.5, 0.6) is 0 Å². The van der Waals surface area contributed by atoms with Gasteiger partial charge in [0.2, 0.25) is 11.6 Å². The molecule has 1 aromatic carbocycles. The molecule has 27 heavy (non-hydrogen) atoms. The van der Waals surface area contributed by atoms with Crippen LogP contribution in [-0.4, -0.2) is 34.7 Å². The van der Waals surface area contributed by atoms with Crippen LogP contribution in [-0.2, 0) is 22.3 Å². The lowest BCUT2D eigenvalue weighted by molar-refractivity contribution is -0.142. The third kappa shape index (κ3) is 4.13. The molecule has 1 atom stereocenters. The minimum atomic E-state index is -4.90. The zero-order valence-corrected chi connectivity index (χ0v) is 15.0. The highest BCUT2D eigenvalue weighted by Crippen LogP contribution is 2.27. The van der Waals surface area contributed by atoms with Crippen LogP contribution >= 0.6 is 0 Å². The number of fused-ring (bicyclic) bond motifs is 1. The molecule has 6 nitrogen and oxygen atoms in total. The second kappa shape index (κ2) is 7.30. The fraction of sp³-hybridized carbons (Fsp3) is 0.500. The van der Waals surface area contributed by atoms with Crippen molar-refractivity contribution in [2.24, 2.45) is 0 Å². The molecule has 1 saturated heterocycles. The predicted molar refractivity (Wildman–Crippen MR) is 92.5 cm³/mol. The van der Waals surface area contributed by atoms with E-state index in [1.54, 1.807) is 19.9 Å². The van der Waals surface area contributed by atoms with Crippen molar-refractivity contribution in [1.82, 2.24) is 14.9 Å². The Morgan fingerprint density at radius 1 is 1.33 bits per heavy atom. The van der Waals surface area contributed by atoms with E-state index in [-0.39, 0.29) is 23.7 Å². The molecule has 0 radical (unpaired) electrons. The summed E-state index contributed by atoms with van der Waals surface area (Å²) in [4.78, 5) is 28.2. The third-order valence-corrected chi connectivity index (χ3v) is 4.68. The fourth-order valence-corrected chi connectivity index (χ4v) is 3.07. The molecule has 9 heteroatoms. The maximum absolute atomic E-state index is 13.2. The van der Waals surface area contributed by atoms with Crippen molar-refractivity contribution in [2.45, 2.75) is 45.5 Å². The lowest BCUT2D eigenvalue weighted by Gasteiger charge is -2.16. The van der Waals surface area contributed by atoms with Crippen LogP contribution < -0.4 is 10.9 Å². The second-order valence-electron chi connectivity index (χ2n) is 6.71. The van der Waals surface area contributed by atoms with Crippen molar-refractivity contribution in [3.05, 3.63) is 39.3 Å². The van der Waals surface area contributed by atoms with E-state index in [1.165, 1.54) is 6.07 Å². The van der Waals surface area contributed by atoms with Crippen LogP contribution in [0.3, 0.4) is 0 Å². The normalized spacial score (nSPS) is 17.4. The number of nitrogens with one attached hydrogen (secondary N) is 1. The Balaban J connectivity index is 1.98. The summed E-state index contributed by atoms with van der Waals surface area (Å²) < 4.78 is 45.9. The minimum Gasteiger partial charge on any atom is -0.376 e. The highest BCUT2D eigenvalue weighted by molar-refractivity contribution is 5.81. The number of carbonyl (C=O) groups is 1. The van der Waals surface area contributed by atoms with Crippen molar-refractivity contribution < 1.29 is 22.7 Å². The van der Waals surface area contributed by atoms with Crippen LogP contribution in [0.4, 0.5) is 13.2 Å². The average molecular weight is 383 g/mol. The molecule has 2 heterocycles. The largest absolute Gasteiger partial charge is 0.438 e. The number of aromatic nitrogens is 2. The standard InChI is InChI=1S/C18H20F3N3O3/c1-10-6-13-14(7-11(10)2)24(17(26)16(23-13)18(19,20)21)9-15(25)22-8-12-4-3-5-27-12/h6-7,12H,3-5,8-9H2,1-2H3,(H,22,25). The Bertz CT molecular complexity index is 931. The molecule has 1 unspecified atom stereocenters. The van der Waals surface area contributed by atoms with E-state index in [1.807, 2.05) is 0 Å². The number of rotatable bonds is 4. The molecule has 1 N–H and O–H groups in total. The van der Waals surface area contributed by atoms with Gasteiger partial charge in [0.15, 0.2) is 0 Å². The van der Waals surface area contributed by atoms with Gasteiger partial charge in [-0.1, -0.05) is 0 Å². The molecule has 2 aromatic rings. The summed E-state index contributed by atoms with van der Waals surface area (Å²) in [6.45, 7) is 3.89. The van der Waals surface area contributed by atoms with Crippen LogP contribution in [0.25, 0.3) is 11.0 Å². The van der Waals surface area contributed by atoms with Crippen molar-refractivity contribution in [3.63, 3.8) is 0 Å². The Morgan fingerprint density at radius 3 is 2.67 bits per heavy atom. The number of alkyl halides is 3. The number of aryl methyl sites for hydroxylation is 2. The minimum absolute atomic E-state index is 0.0250. The molecular weight excluding hydrogens is 363 g/mol. The molecule has 0 saturated carbocycles. The molecule has 1 aromatic heterocycles. The van der Waals surface area contributed by atoms with Gasteiger partial charge >= 0.3 is 6.18 Å². The molecule has 146 valence electrons. The number of amides is 1. The summed E-state index contributed by atoms with van der Waals surface area (Å²) in [5.74, 6) is -0.550. The lowest BCUT2D eigenvalue weighted by Crippen LogP contribution is -2.38. The summed E-state index contributed by atoms with van der Waals surface area (Å²) >= 11 is 0. The van der Waals surface area contributed by atoms with Crippen LogP contribution in [0, 0.1) is 13.8 Å². The van der Waals surface area contributed by atoms with E-state index in [2.05, 4.69) is 10.3 Å². The van der Waals surface area contributed by atoms with Gasteiger partial charge in [-0.25, -0.2) is 4.98 Å². The SMILES string of the molecule is Cc1cc2nc(C(F)(F)F)c(=O)n(CC(=O)NCC3CCCO3)c2cc1C. The van der Waals surface area contributed by atoms with Crippen molar-refractivity contribution >= 4 is 16.9 Å². The summed E-state index contributed by atoms with van der Waals surface area (Å²) in [5.41, 5.74) is -1.09. The topological polar surface area (TPSA) is 73.2 Å². The van der Waals surface area contributed by atoms with E-state index >= 15 is 0 Å². The quantitative estimate of drug-likeness (QED) is 0.880. The van der Waals surface area contributed by atoms with Gasteiger partial charge < -0.3 is 10.1 Å². The first kappa shape index (κ1) is 19.3. The van der Waals surface area contributed by atoms with Gasteiger partial charge in [0.1, 0.15) is 6.54 Å². The molecule has 1 aliphatic rings. The average Bonchev–Trinajstić information content (AvgIpc) is 3.09. The van der Waals surface area contributed by atoms with Crippen molar-refractivity contribution in [3.8, 4) is 0 Å². The smallest absolute Gasteiger partial charge is 0.376 e. The number of nitrogens with zero attached hydrogens (tertiary/aromatic N) is 2. The Morgan fingerprint density at radius 2 is 2.04 bits per heavy atom. The van der Waals surface area contributed by atoms with Gasteiger partial charge in [0.05, 0.1) is 17.1 Å². The summed E-state index contributed by atoms with van der Waals surface area (Å²) in [6.07, 6.45) is -3.28. The van der Waals surface area contributed by atoms with Gasteiger partial charge in [-0.15, -0.1) is 0 Å². The van der Waals surface area contributed by atoms with Crippen molar-refractivity contribution in [2.75, 3.05) is 13.2 Å². The number of hydrogen-bond acceptors (Lipinski definition) is 4. The number of benzene rings is 1. The van der Waals surface area contributed by atoms with Crippen LogP contribution in [0.1, 0.15) is 29.7 Å². The van der Waals surface area contributed by atoms with E-state index in [9.17, 15) is 22.8 Å². The first-order valence-electron chi connectivity index (χ1n) is 8.64. The molecule has 1 aliphatic heterocycles. The molecule has 1 fully saturated rings. The van der Waals surface area contributed by atoms with E-state index in [0.717, 1.165) is 28.5 Å². The molecular formula is C18H20F3N3O3. The second-order valence-corrected chi connectivity index (χ2v) is 6.71. The van der Waals surface area contributed by atoms with Gasteiger partial charge in [-0.3, -0.25) is 14.2 Å². The van der Waals surface area contributed by atoms with Crippen molar-refractivity contribution in [1.29, 1.82) is 0 Å². The first-order valence-corrected chi connectivity index (χ1v) is 8.64. The Labute approximate surface area is 153 Å². The summed E-state index contributed by atoms with van der Waals surface area (Å²) in [7, 11) is 0. The molecule has 0 bridgehead atoms. The molecule has 0 aliphatic carbocycles. The highest BCUT2D eigenvalue weighted by Gasteiger charge is 2.37. The maximum Gasteiger partial charge on any atom is 0.438 e. The van der Waals surface area contributed by atoms with E-state index in [0.29, 0.717) is 6.61 Å². The van der Waals surface area contributed by atoms with Crippen LogP contribution in [0.15, 0.2) is 16.9 Å². The van der Waals surface area contributed by atoms with Crippen LogP contribution in [0.2, 0.25) is 0 Å². The van der Waals surface area contributed by atoms with E-state index in [4.69, 9.17) is 4.74 Å².